The zero-order valence-electron chi connectivity index (χ0n) is 5.70. The van der Waals surface area contributed by atoms with Crippen LogP contribution in [0.25, 0.3) is 0 Å². The molecule has 0 aromatic carbocycles. The van der Waals surface area contributed by atoms with E-state index in [2.05, 4.69) is 21.5 Å². The minimum atomic E-state index is 0.949. The Morgan fingerprint density at radius 3 is 2.43 bits per heavy atom. The third-order valence-electron chi connectivity index (χ3n) is 1.48. The van der Waals surface area contributed by atoms with Gasteiger partial charge in [0.2, 0.25) is 0 Å². The van der Waals surface area contributed by atoms with E-state index in [1.54, 1.807) is 0 Å². The van der Waals surface area contributed by atoms with Gasteiger partial charge in [0.25, 0.3) is 0 Å². The quantitative estimate of drug-likeness (QED) is 0.390. The summed E-state index contributed by atoms with van der Waals surface area (Å²) in [6.07, 6.45) is 1.34. The first kappa shape index (κ1) is 7.26. The van der Waals surface area contributed by atoms with Gasteiger partial charge in [-0.3, -0.25) is 0 Å². The number of hydrogen-bond donors (Lipinski definition) is 0. The van der Waals surface area contributed by atoms with Crippen LogP contribution in [0.15, 0.2) is 0 Å². The highest BCUT2D eigenvalue weighted by atomic mass is 13.4. The van der Waals surface area contributed by atoms with E-state index in [9.17, 15) is 0 Å². The summed E-state index contributed by atoms with van der Waals surface area (Å²) in [5.41, 5.74) is 0. The Morgan fingerprint density at radius 2 is 2.29 bits per heavy atom. The van der Waals surface area contributed by atoms with E-state index in [1.165, 1.54) is 20.4 Å². The van der Waals surface area contributed by atoms with Crippen LogP contribution in [0.4, 0.5) is 0 Å². The van der Waals surface area contributed by atoms with Gasteiger partial charge in [0.05, 0.1) is 21.4 Å². The molecule has 0 heterocycles. The summed E-state index contributed by atoms with van der Waals surface area (Å²) in [7, 11) is 4.98. The number of hydrogen-bond acceptors (Lipinski definition) is 0. The van der Waals surface area contributed by atoms with Gasteiger partial charge in [-0.15, -0.1) is 0 Å². The molecule has 0 rings (SSSR count). The Kier molecular flexibility index (Phi) is 4.58. The number of rotatable bonds is 3. The summed E-state index contributed by atoms with van der Waals surface area (Å²) >= 11 is 0. The molecule has 0 aliphatic rings. The lowest BCUT2D eigenvalue weighted by Gasteiger charge is -1.95. The van der Waals surface area contributed by atoms with E-state index in [1.807, 2.05) is 0 Å². The molecule has 0 saturated carbocycles. The van der Waals surface area contributed by atoms with Gasteiger partial charge in [-0.1, -0.05) is 20.1 Å². The molecular weight excluding hydrogens is 79.3 g/mol. The van der Waals surface area contributed by atoms with Gasteiger partial charge in [-0.05, 0) is 0 Å². The Labute approximate surface area is 49.4 Å². The summed E-state index contributed by atoms with van der Waals surface area (Å²) < 4.78 is 0. The van der Waals surface area contributed by atoms with Crippen LogP contribution in [-0.2, 0) is 0 Å². The van der Waals surface area contributed by atoms with Crippen LogP contribution in [0.1, 0.15) is 6.92 Å². The molecule has 0 aliphatic carbocycles. The van der Waals surface area contributed by atoms with Crippen LogP contribution in [0.2, 0.25) is 13.1 Å². The molecule has 0 unspecified atom stereocenters. The van der Waals surface area contributed by atoms with Crippen molar-refractivity contribution in [3.8, 4) is 0 Å². The molecule has 0 bridgehead atoms. The summed E-state index contributed by atoms with van der Waals surface area (Å²) in [5.74, 6) is 0. The second-order valence-corrected chi connectivity index (χ2v) is 2.30. The highest BCUT2D eigenvalue weighted by Gasteiger charge is 2.00. The molecule has 0 nitrogen and oxygen atoms in total. The average Bonchev–Trinajstić information content (AvgIpc) is 1.68. The molecule has 4 heteroatoms. The average molecular weight is 91.4 g/mol. The van der Waals surface area contributed by atoms with Gasteiger partial charge in [0.1, 0.15) is 0 Å². The Morgan fingerprint density at radius 1 is 1.71 bits per heavy atom. The van der Waals surface area contributed by atoms with Crippen molar-refractivity contribution in [1.82, 2.24) is 0 Å². The molecule has 0 aliphatic heterocycles. The van der Waals surface area contributed by atoms with Crippen LogP contribution >= 0.6 is 0 Å². The molecule has 0 spiro atoms. The summed E-state index contributed by atoms with van der Waals surface area (Å²) in [5, 5.41) is 0. The minimum absolute atomic E-state index is 0.949. The van der Waals surface area contributed by atoms with Gasteiger partial charge in [0, 0.05) is 7.06 Å². The van der Waals surface area contributed by atoms with Gasteiger partial charge in [-0.25, -0.2) is 0 Å². The van der Waals surface area contributed by atoms with Crippen molar-refractivity contribution >= 4 is 28.5 Å². The van der Waals surface area contributed by atoms with Gasteiger partial charge in [-0.2, -0.15) is 0 Å². The maximum atomic E-state index is 2.31. The summed E-state index contributed by atoms with van der Waals surface area (Å²) in [4.78, 5) is 0. The van der Waals surface area contributed by atoms with Crippen LogP contribution in [0.3, 0.4) is 0 Å². The van der Waals surface area contributed by atoms with Crippen molar-refractivity contribution in [1.29, 1.82) is 0 Å². The highest BCUT2D eigenvalue weighted by Crippen LogP contribution is 1.83. The Balaban J connectivity index is 2.83. The Bertz CT molecular complexity index is 37.9. The van der Waals surface area contributed by atoms with Gasteiger partial charge in [0.15, 0.2) is 0 Å². The maximum Gasteiger partial charge on any atom is 0.0919 e. The van der Waals surface area contributed by atoms with Crippen LogP contribution < -0.4 is 0 Å². The maximum absolute atomic E-state index is 2.31. The molecule has 0 saturated heterocycles. The molecule has 7 heavy (non-hydrogen) atoms. The normalized spacial score (nSPS) is 7.71. The first-order valence-corrected chi connectivity index (χ1v) is 3.31. The van der Waals surface area contributed by atoms with Crippen LogP contribution in [-0.4, -0.2) is 28.5 Å². The van der Waals surface area contributed by atoms with Gasteiger partial charge >= 0.3 is 0 Å². The smallest absolute Gasteiger partial charge is 0.0919 e. The molecule has 0 aromatic rings. The SMILES string of the molecule is BBBB(C)CC. The van der Waals surface area contributed by atoms with Crippen molar-refractivity contribution in [3.63, 3.8) is 0 Å². The van der Waals surface area contributed by atoms with Gasteiger partial charge < -0.3 is 0 Å². The molecule has 0 fully saturated rings. The van der Waals surface area contributed by atoms with E-state index in [0.717, 1.165) is 6.60 Å². The lowest BCUT2D eigenvalue weighted by molar-refractivity contribution is 1.44. The second-order valence-electron chi connectivity index (χ2n) is 2.30. The fourth-order valence-electron chi connectivity index (χ4n) is 0.697. The minimum Gasteiger partial charge on any atom is -0.0931 e. The first-order chi connectivity index (χ1) is 3.31. The van der Waals surface area contributed by atoms with Crippen molar-refractivity contribution in [2.45, 2.75) is 20.1 Å². The molecule has 0 atom stereocenters. The topological polar surface area (TPSA) is 0 Å². The predicted octanol–water partition coefficient (Wildman–Crippen LogP) is -1.04. The van der Waals surface area contributed by atoms with Crippen molar-refractivity contribution < 1.29 is 0 Å². The monoisotopic (exact) mass is 92.1 g/mol. The largest absolute Gasteiger partial charge is 0.0931 e. The molecular formula is C3H12B4. The fourth-order valence-corrected chi connectivity index (χ4v) is 0.697. The zero-order valence-corrected chi connectivity index (χ0v) is 5.70. The van der Waals surface area contributed by atoms with Crippen LogP contribution in [0.5, 0.6) is 0 Å². The lowest BCUT2D eigenvalue weighted by atomic mass is 9.04. The van der Waals surface area contributed by atoms with Crippen molar-refractivity contribution in [2.24, 2.45) is 0 Å². The Hall–Kier alpha value is 0.260. The fraction of sp³-hybridized carbons (Fsp3) is 1.00. The third-order valence-corrected chi connectivity index (χ3v) is 1.48. The summed E-state index contributed by atoms with van der Waals surface area (Å²) in [6, 6.07) is 0. The molecule has 0 amide bonds. The van der Waals surface area contributed by atoms with Crippen molar-refractivity contribution in [2.75, 3.05) is 0 Å². The summed E-state index contributed by atoms with van der Waals surface area (Å²) in [6.45, 7) is 5.51. The first-order valence-electron chi connectivity index (χ1n) is 3.31. The van der Waals surface area contributed by atoms with E-state index >= 15 is 0 Å². The predicted molar refractivity (Wildman–Crippen MR) is 44.9 cm³/mol. The van der Waals surface area contributed by atoms with E-state index in [-0.39, 0.29) is 0 Å². The van der Waals surface area contributed by atoms with E-state index < -0.39 is 0 Å². The third kappa shape index (κ3) is 4.11. The zero-order chi connectivity index (χ0) is 5.70. The highest BCUT2D eigenvalue weighted by molar-refractivity contribution is 7.45. The molecule has 0 N–H and O–H groups in total. The molecule has 36 valence electrons. The van der Waals surface area contributed by atoms with Crippen molar-refractivity contribution in [3.05, 3.63) is 0 Å². The van der Waals surface area contributed by atoms with E-state index in [0.29, 0.717) is 0 Å². The molecule has 0 radical (unpaired) electrons. The second kappa shape index (κ2) is 4.42. The molecule has 0 aromatic heterocycles. The standard InChI is InChI=1S/C3H12B4/c1-3-7(2)6-5-4/h5-6H,3-4H2,1-2H3. The van der Waals surface area contributed by atoms with Crippen LogP contribution in [0, 0.1) is 0 Å². The lowest BCUT2D eigenvalue weighted by Crippen LogP contribution is -2.22. The van der Waals surface area contributed by atoms with E-state index in [4.69, 9.17) is 0 Å².